The van der Waals surface area contributed by atoms with Crippen molar-refractivity contribution < 1.29 is 27.9 Å². The number of benzene rings is 1. The first-order chi connectivity index (χ1) is 12.9. The first kappa shape index (κ1) is 19.1. The van der Waals surface area contributed by atoms with E-state index in [-0.39, 0.29) is 35.2 Å². The minimum absolute atomic E-state index is 0.0517. The van der Waals surface area contributed by atoms with Crippen molar-refractivity contribution in [3.8, 4) is 0 Å². The summed E-state index contributed by atoms with van der Waals surface area (Å²) in [6, 6.07) is 4.23. The predicted molar refractivity (Wildman–Crippen MR) is 93.5 cm³/mol. The number of hydrogen-bond acceptors (Lipinski definition) is 3. The molecule has 0 radical (unpaired) electrons. The van der Waals surface area contributed by atoms with Crippen molar-refractivity contribution in [2.75, 3.05) is 0 Å². The Morgan fingerprint density at radius 3 is 2.52 bits per heavy atom. The Bertz CT molecular complexity index is 856. The van der Waals surface area contributed by atoms with E-state index in [1.54, 1.807) is 6.92 Å². The van der Waals surface area contributed by atoms with E-state index in [0.29, 0.717) is 6.42 Å². The van der Waals surface area contributed by atoms with Gasteiger partial charge >= 0.3 is 5.97 Å². The number of halogens is 2. The molecule has 7 heteroatoms. The second-order valence-corrected chi connectivity index (χ2v) is 6.71. The Kier molecular flexibility index (Phi) is 5.58. The van der Waals surface area contributed by atoms with Gasteiger partial charge in [0.15, 0.2) is 5.76 Å². The highest BCUT2D eigenvalue weighted by Crippen LogP contribution is 2.28. The molecule has 2 aromatic rings. The van der Waals surface area contributed by atoms with Crippen LogP contribution in [0.2, 0.25) is 0 Å². The van der Waals surface area contributed by atoms with Crippen LogP contribution in [-0.4, -0.2) is 27.9 Å². The van der Waals surface area contributed by atoms with Gasteiger partial charge < -0.3 is 14.4 Å². The zero-order chi connectivity index (χ0) is 19.6. The monoisotopic (exact) mass is 377 g/mol. The van der Waals surface area contributed by atoms with Gasteiger partial charge in [-0.05, 0) is 31.0 Å². The van der Waals surface area contributed by atoms with E-state index in [4.69, 9.17) is 4.42 Å². The van der Waals surface area contributed by atoms with Crippen LogP contribution in [0.4, 0.5) is 8.78 Å². The fourth-order valence-electron chi connectivity index (χ4n) is 3.55. The lowest BCUT2D eigenvalue weighted by Crippen LogP contribution is -2.38. The van der Waals surface area contributed by atoms with E-state index >= 15 is 0 Å². The standard InChI is InChI=1S/C20H21F2NO4/c1-2-17-15(20(25)26)10-18(27-17)19(24)23(14-5-3-4-6-14)11-12-9-13(21)7-8-16(12)22/h7-10,14H,2-6,11H2,1H3,(H,25,26). The van der Waals surface area contributed by atoms with Crippen molar-refractivity contribution in [3.05, 3.63) is 58.5 Å². The molecule has 1 N–H and O–H groups in total. The van der Waals surface area contributed by atoms with Crippen LogP contribution in [-0.2, 0) is 13.0 Å². The van der Waals surface area contributed by atoms with Gasteiger partial charge in [0.1, 0.15) is 23.0 Å². The molecular formula is C20H21F2NO4. The lowest BCUT2D eigenvalue weighted by molar-refractivity contribution is 0.0626. The number of aryl methyl sites for hydroxylation is 1. The molecular weight excluding hydrogens is 356 g/mol. The first-order valence-corrected chi connectivity index (χ1v) is 9.01. The number of carbonyl (C=O) groups is 2. The van der Waals surface area contributed by atoms with Crippen molar-refractivity contribution in [1.29, 1.82) is 0 Å². The van der Waals surface area contributed by atoms with Gasteiger partial charge in [-0.2, -0.15) is 0 Å². The molecule has 1 aliphatic carbocycles. The molecule has 0 spiro atoms. The molecule has 1 aliphatic rings. The Hall–Kier alpha value is -2.70. The minimum atomic E-state index is -1.17. The molecule has 5 nitrogen and oxygen atoms in total. The number of furan rings is 1. The normalized spacial score (nSPS) is 14.5. The van der Waals surface area contributed by atoms with Gasteiger partial charge in [0, 0.05) is 30.6 Å². The van der Waals surface area contributed by atoms with Gasteiger partial charge in [-0.25, -0.2) is 13.6 Å². The molecule has 144 valence electrons. The van der Waals surface area contributed by atoms with Gasteiger partial charge in [-0.15, -0.1) is 0 Å². The summed E-state index contributed by atoms with van der Waals surface area (Å²) in [5, 5.41) is 9.27. The molecule has 1 heterocycles. The maximum absolute atomic E-state index is 14.1. The molecule has 1 aromatic carbocycles. The molecule has 1 aromatic heterocycles. The third kappa shape index (κ3) is 4.02. The summed E-state index contributed by atoms with van der Waals surface area (Å²) in [5.74, 6) is -2.72. The van der Waals surface area contributed by atoms with Crippen LogP contribution in [0, 0.1) is 11.6 Å². The average Bonchev–Trinajstić information content (AvgIpc) is 3.31. The molecule has 1 fully saturated rings. The maximum atomic E-state index is 14.1. The number of rotatable bonds is 6. The van der Waals surface area contributed by atoms with Crippen LogP contribution in [0.3, 0.4) is 0 Å². The van der Waals surface area contributed by atoms with E-state index < -0.39 is 23.5 Å². The van der Waals surface area contributed by atoms with Crippen molar-refractivity contribution in [2.24, 2.45) is 0 Å². The topological polar surface area (TPSA) is 70.8 Å². The SMILES string of the molecule is CCc1oc(C(=O)N(Cc2cc(F)ccc2F)C2CCCC2)cc1C(=O)O. The minimum Gasteiger partial charge on any atom is -0.478 e. The summed E-state index contributed by atoms with van der Waals surface area (Å²) in [6.45, 7) is 1.63. The van der Waals surface area contributed by atoms with E-state index in [0.717, 1.165) is 43.9 Å². The summed E-state index contributed by atoms with van der Waals surface area (Å²) in [4.78, 5) is 25.9. The molecule has 27 heavy (non-hydrogen) atoms. The van der Waals surface area contributed by atoms with Crippen LogP contribution < -0.4 is 0 Å². The van der Waals surface area contributed by atoms with Crippen molar-refractivity contribution in [1.82, 2.24) is 4.90 Å². The zero-order valence-corrected chi connectivity index (χ0v) is 15.0. The molecule has 0 bridgehead atoms. The number of carbonyl (C=O) groups excluding carboxylic acids is 1. The molecule has 0 atom stereocenters. The molecule has 1 amide bonds. The summed E-state index contributed by atoms with van der Waals surface area (Å²) in [7, 11) is 0. The highest BCUT2D eigenvalue weighted by Gasteiger charge is 2.31. The number of carboxylic acids is 1. The predicted octanol–water partition coefficient (Wildman–Crippen LogP) is 4.40. The Balaban J connectivity index is 1.94. The first-order valence-electron chi connectivity index (χ1n) is 9.01. The summed E-state index contributed by atoms with van der Waals surface area (Å²) in [5.41, 5.74) is 0.0279. The van der Waals surface area contributed by atoms with Crippen LogP contribution in [0.15, 0.2) is 28.7 Å². The van der Waals surface area contributed by atoms with E-state index in [1.807, 2.05) is 0 Å². The molecule has 0 aliphatic heterocycles. The molecule has 0 saturated heterocycles. The Morgan fingerprint density at radius 2 is 1.93 bits per heavy atom. The number of aromatic carboxylic acids is 1. The van der Waals surface area contributed by atoms with Crippen LogP contribution in [0.25, 0.3) is 0 Å². The van der Waals surface area contributed by atoms with Gasteiger partial charge in [0.05, 0.1) is 0 Å². The second-order valence-electron chi connectivity index (χ2n) is 6.71. The molecule has 1 saturated carbocycles. The van der Waals surface area contributed by atoms with Gasteiger partial charge in [0.25, 0.3) is 5.91 Å². The second kappa shape index (κ2) is 7.90. The number of nitrogens with zero attached hydrogens (tertiary/aromatic N) is 1. The third-order valence-corrected chi connectivity index (χ3v) is 4.95. The number of carboxylic acid groups (broad SMARTS) is 1. The number of hydrogen-bond donors (Lipinski definition) is 1. The van der Waals surface area contributed by atoms with Crippen molar-refractivity contribution in [3.63, 3.8) is 0 Å². The molecule has 3 rings (SSSR count). The van der Waals surface area contributed by atoms with E-state index in [2.05, 4.69) is 0 Å². The third-order valence-electron chi connectivity index (χ3n) is 4.95. The number of amides is 1. The fraction of sp³-hybridized carbons (Fsp3) is 0.400. The molecule has 0 unspecified atom stereocenters. The van der Waals surface area contributed by atoms with Gasteiger partial charge in [-0.1, -0.05) is 19.8 Å². The lowest BCUT2D eigenvalue weighted by Gasteiger charge is -2.28. The van der Waals surface area contributed by atoms with E-state index in [1.165, 1.54) is 11.0 Å². The van der Waals surface area contributed by atoms with E-state index in [9.17, 15) is 23.5 Å². The Labute approximate surface area is 155 Å². The lowest BCUT2D eigenvalue weighted by atomic mass is 10.1. The summed E-state index contributed by atoms with van der Waals surface area (Å²) < 4.78 is 33.1. The highest BCUT2D eigenvalue weighted by molar-refractivity contribution is 5.96. The summed E-state index contributed by atoms with van der Waals surface area (Å²) >= 11 is 0. The van der Waals surface area contributed by atoms with Crippen LogP contribution >= 0.6 is 0 Å². The van der Waals surface area contributed by atoms with Crippen molar-refractivity contribution in [2.45, 2.75) is 51.6 Å². The largest absolute Gasteiger partial charge is 0.478 e. The average molecular weight is 377 g/mol. The zero-order valence-electron chi connectivity index (χ0n) is 15.0. The van der Waals surface area contributed by atoms with Crippen molar-refractivity contribution >= 4 is 11.9 Å². The quantitative estimate of drug-likeness (QED) is 0.810. The van der Waals surface area contributed by atoms with Crippen LogP contribution in [0.1, 0.15) is 64.8 Å². The Morgan fingerprint density at radius 1 is 1.22 bits per heavy atom. The smallest absolute Gasteiger partial charge is 0.339 e. The fourth-order valence-corrected chi connectivity index (χ4v) is 3.55. The maximum Gasteiger partial charge on any atom is 0.339 e. The van der Waals surface area contributed by atoms with Gasteiger partial charge in [0.2, 0.25) is 0 Å². The summed E-state index contributed by atoms with van der Waals surface area (Å²) in [6.07, 6.45) is 3.74. The highest BCUT2D eigenvalue weighted by atomic mass is 19.1. The van der Waals surface area contributed by atoms with Gasteiger partial charge in [-0.3, -0.25) is 4.79 Å². The van der Waals surface area contributed by atoms with Crippen LogP contribution in [0.5, 0.6) is 0 Å².